The Labute approximate surface area is 226 Å². The summed E-state index contributed by atoms with van der Waals surface area (Å²) in [4.78, 5) is 2.52. The number of aliphatic hydroxyl groups excluding tert-OH is 1. The summed E-state index contributed by atoms with van der Waals surface area (Å²) in [5.41, 5.74) is 12.2. The second-order valence-corrected chi connectivity index (χ2v) is 10.6. The molecule has 2 fully saturated rings. The molecule has 0 aromatic heterocycles. The monoisotopic (exact) mass is 516 g/mol. The molecule has 0 unspecified atom stereocenters. The van der Waals surface area contributed by atoms with Crippen molar-refractivity contribution in [3.63, 3.8) is 0 Å². The van der Waals surface area contributed by atoms with Crippen LogP contribution in [0.15, 0.2) is 72.8 Å². The smallest absolute Gasteiger partial charge is 0.184 e. The molecule has 5 atom stereocenters. The minimum atomic E-state index is -0.486. The molecule has 0 radical (unpaired) electrons. The van der Waals surface area contributed by atoms with Gasteiger partial charge in [-0.2, -0.15) is 0 Å². The summed E-state index contributed by atoms with van der Waals surface area (Å²) >= 11 is 0. The summed E-state index contributed by atoms with van der Waals surface area (Å²) in [6, 6.07) is 25.3. The van der Waals surface area contributed by atoms with E-state index in [4.69, 9.17) is 19.9 Å². The highest BCUT2D eigenvalue weighted by Crippen LogP contribution is 2.43. The minimum Gasteiger partial charge on any atom is -0.392 e. The third kappa shape index (κ3) is 6.01. The zero-order valence-corrected chi connectivity index (χ0v) is 22.5. The highest BCUT2D eigenvalue weighted by Gasteiger charge is 2.40. The highest BCUT2D eigenvalue weighted by atomic mass is 16.7. The number of hydrogen-bond donors (Lipinski definition) is 2. The fourth-order valence-electron chi connectivity index (χ4n) is 5.82. The van der Waals surface area contributed by atoms with Gasteiger partial charge in [0, 0.05) is 37.7 Å². The van der Waals surface area contributed by atoms with Crippen LogP contribution in [0.4, 0.5) is 0 Å². The minimum absolute atomic E-state index is 0.00190. The molecule has 2 aliphatic heterocycles. The molecule has 38 heavy (non-hydrogen) atoms. The number of methoxy groups -OCH3 is 1. The molecule has 3 N–H and O–H groups in total. The van der Waals surface area contributed by atoms with Gasteiger partial charge in [0.2, 0.25) is 0 Å². The molecule has 0 saturated carbocycles. The van der Waals surface area contributed by atoms with Crippen molar-refractivity contribution in [3.8, 4) is 11.1 Å². The lowest BCUT2D eigenvalue weighted by Crippen LogP contribution is -2.46. The Morgan fingerprint density at radius 3 is 2.45 bits per heavy atom. The predicted molar refractivity (Wildman–Crippen MR) is 149 cm³/mol. The Hall–Kier alpha value is -2.58. The van der Waals surface area contributed by atoms with E-state index in [1.165, 1.54) is 6.42 Å². The van der Waals surface area contributed by atoms with Crippen molar-refractivity contribution in [2.45, 2.75) is 57.5 Å². The maximum atomic E-state index is 9.53. The van der Waals surface area contributed by atoms with Crippen LogP contribution in [0.2, 0.25) is 0 Å². The van der Waals surface area contributed by atoms with Gasteiger partial charge in [-0.15, -0.1) is 0 Å². The molecule has 6 nitrogen and oxygen atoms in total. The van der Waals surface area contributed by atoms with Crippen molar-refractivity contribution in [1.82, 2.24) is 4.90 Å². The first kappa shape index (κ1) is 27.0. The molecule has 2 aliphatic rings. The van der Waals surface area contributed by atoms with Crippen LogP contribution in [0.1, 0.15) is 54.4 Å². The Kier molecular flexibility index (Phi) is 8.89. The van der Waals surface area contributed by atoms with Crippen molar-refractivity contribution in [3.05, 3.63) is 95.1 Å². The third-order valence-corrected chi connectivity index (χ3v) is 8.05. The molecule has 0 amide bonds. The third-order valence-electron chi connectivity index (χ3n) is 8.05. The fraction of sp³-hybridized carbons (Fsp3) is 0.438. The zero-order chi connectivity index (χ0) is 26.5. The summed E-state index contributed by atoms with van der Waals surface area (Å²) in [6.07, 6.45) is 1.73. The van der Waals surface area contributed by atoms with E-state index < -0.39 is 6.29 Å². The van der Waals surface area contributed by atoms with E-state index in [1.54, 1.807) is 7.11 Å². The molecule has 6 heteroatoms. The van der Waals surface area contributed by atoms with Crippen LogP contribution >= 0.6 is 0 Å². The largest absolute Gasteiger partial charge is 0.392 e. The standard InChI is InChI=1S/C32H40N2O4/c1-22-30(19-34-15-5-10-29(34)21-36-2)37-32(38-31(22)25-13-11-23(20-35)12-14-25)28-9-4-8-27(17-28)26-7-3-6-24(16-26)18-33/h3-4,6-9,11-14,16-17,22,29-32,35H,5,10,15,18-21,33H2,1-2H3/t22-,29+,30+,31+,32+/m1/s1. The average Bonchev–Trinajstić information content (AvgIpc) is 3.41. The Bertz CT molecular complexity index is 1180. The Balaban J connectivity index is 1.44. The first-order valence-corrected chi connectivity index (χ1v) is 13.7. The Morgan fingerprint density at radius 2 is 1.71 bits per heavy atom. The van der Waals surface area contributed by atoms with Crippen LogP contribution in [0, 0.1) is 5.92 Å². The van der Waals surface area contributed by atoms with Crippen LogP contribution < -0.4 is 5.73 Å². The van der Waals surface area contributed by atoms with Crippen LogP contribution in [0.5, 0.6) is 0 Å². The molecule has 0 spiro atoms. The second kappa shape index (κ2) is 12.5. The first-order valence-electron chi connectivity index (χ1n) is 13.7. The van der Waals surface area contributed by atoms with E-state index >= 15 is 0 Å². The van der Waals surface area contributed by atoms with Crippen molar-refractivity contribution >= 4 is 0 Å². The van der Waals surface area contributed by atoms with E-state index in [-0.39, 0.29) is 24.7 Å². The SMILES string of the molecule is COC[C@@H]1CCCN1C[C@@H]1O[C@H](c2cccc(-c3cccc(CN)c3)c2)O[C@H](c2ccc(CO)cc2)[C@@H]1C. The van der Waals surface area contributed by atoms with Crippen molar-refractivity contribution in [2.24, 2.45) is 11.7 Å². The van der Waals surface area contributed by atoms with Gasteiger partial charge in [-0.3, -0.25) is 4.90 Å². The average molecular weight is 517 g/mol. The number of aliphatic hydroxyl groups is 1. The molecule has 0 aliphatic carbocycles. The summed E-state index contributed by atoms with van der Waals surface area (Å²) < 4.78 is 19.0. The number of rotatable bonds is 9. The predicted octanol–water partition coefficient (Wildman–Crippen LogP) is 5.21. The molecule has 0 bridgehead atoms. The summed E-state index contributed by atoms with van der Waals surface area (Å²) in [5, 5.41) is 9.53. The van der Waals surface area contributed by atoms with E-state index in [1.807, 2.05) is 18.2 Å². The number of nitrogens with zero attached hydrogens (tertiary/aromatic N) is 1. The van der Waals surface area contributed by atoms with Gasteiger partial charge in [0.25, 0.3) is 0 Å². The summed E-state index contributed by atoms with van der Waals surface area (Å²) in [7, 11) is 1.78. The molecule has 2 heterocycles. The Morgan fingerprint density at radius 1 is 0.947 bits per heavy atom. The number of nitrogens with two attached hydrogens (primary N) is 1. The lowest BCUT2D eigenvalue weighted by atomic mass is 9.89. The number of benzene rings is 3. The summed E-state index contributed by atoms with van der Waals surface area (Å²) in [5.74, 6) is 0.152. The maximum Gasteiger partial charge on any atom is 0.184 e. The van der Waals surface area contributed by atoms with Gasteiger partial charge >= 0.3 is 0 Å². The summed E-state index contributed by atoms with van der Waals surface area (Å²) in [6.45, 7) is 5.43. The number of hydrogen-bond acceptors (Lipinski definition) is 6. The molecule has 2 saturated heterocycles. The normalized spacial score (nSPS) is 26.1. The molecular weight excluding hydrogens is 476 g/mol. The molecular formula is C32H40N2O4. The van der Waals surface area contributed by atoms with Crippen LogP contribution in [0.25, 0.3) is 11.1 Å². The van der Waals surface area contributed by atoms with E-state index in [9.17, 15) is 5.11 Å². The van der Waals surface area contributed by atoms with Gasteiger partial charge in [-0.05, 0) is 59.3 Å². The fourth-order valence-corrected chi connectivity index (χ4v) is 5.82. The van der Waals surface area contributed by atoms with E-state index in [0.29, 0.717) is 12.6 Å². The second-order valence-electron chi connectivity index (χ2n) is 10.6. The van der Waals surface area contributed by atoms with E-state index in [2.05, 4.69) is 66.4 Å². The van der Waals surface area contributed by atoms with Crippen LogP contribution in [-0.2, 0) is 27.4 Å². The van der Waals surface area contributed by atoms with Gasteiger partial charge in [0.15, 0.2) is 6.29 Å². The van der Waals surface area contributed by atoms with Gasteiger partial charge in [-0.25, -0.2) is 0 Å². The maximum absolute atomic E-state index is 9.53. The van der Waals surface area contributed by atoms with Gasteiger partial charge in [0.05, 0.1) is 25.4 Å². The number of ether oxygens (including phenoxy) is 3. The number of likely N-dealkylation sites (tertiary alicyclic amines) is 1. The van der Waals surface area contributed by atoms with Crippen LogP contribution in [0.3, 0.4) is 0 Å². The van der Waals surface area contributed by atoms with Gasteiger partial charge in [-0.1, -0.05) is 67.6 Å². The first-order chi connectivity index (χ1) is 18.6. The lowest BCUT2D eigenvalue weighted by Gasteiger charge is -2.43. The van der Waals surface area contributed by atoms with Crippen molar-refractivity contribution in [1.29, 1.82) is 0 Å². The topological polar surface area (TPSA) is 77.2 Å². The lowest BCUT2D eigenvalue weighted by molar-refractivity contribution is -0.276. The highest BCUT2D eigenvalue weighted by molar-refractivity contribution is 5.65. The van der Waals surface area contributed by atoms with E-state index in [0.717, 1.165) is 59.5 Å². The van der Waals surface area contributed by atoms with Crippen molar-refractivity contribution < 1.29 is 19.3 Å². The molecule has 5 rings (SSSR count). The molecule has 3 aromatic rings. The van der Waals surface area contributed by atoms with Gasteiger partial charge in [0.1, 0.15) is 0 Å². The van der Waals surface area contributed by atoms with Crippen molar-refractivity contribution in [2.75, 3.05) is 26.8 Å². The molecule has 202 valence electrons. The quantitative estimate of drug-likeness (QED) is 0.407. The zero-order valence-electron chi connectivity index (χ0n) is 22.5. The van der Waals surface area contributed by atoms with Crippen LogP contribution in [-0.4, -0.2) is 49.0 Å². The van der Waals surface area contributed by atoms with Gasteiger partial charge < -0.3 is 25.1 Å². The molecule has 3 aromatic carbocycles.